The van der Waals surface area contributed by atoms with E-state index in [2.05, 4.69) is 10.1 Å². The molecular formula is C13H17ClN2O3S. The van der Waals surface area contributed by atoms with Crippen LogP contribution in [0.3, 0.4) is 0 Å². The van der Waals surface area contributed by atoms with Gasteiger partial charge in [0.05, 0.1) is 24.4 Å². The summed E-state index contributed by atoms with van der Waals surface area (Å²) in [6.45, 7) is 0. The molecule has 1 rings (SSSR count). The molecule has 0 spiro atoms. The molecule has 0 bridgehead atoms. The first-order valence-corrected chi connectivity index (χ1v) is 7.70. The van der Waals surface area contributed by atoms with E-state index in [-0.39, 0.29) is 11.5 Å². The highest BCUT2D eigenvalue weighted by Gasteiger charge is 2.18. The summed E-state index contributed by atoms with van der Waals surface area (Å²) in [6, 6.07) is 3.91. The molecule has 0 aliphatic heterocycles. The van der Waals surface area contributed by atoms with E-state index in [1.165, 1.54) is 19.2 Å². The lowest BCUT2D eigenvalue weighted by Gasteiger charge is -2.14. The lowest BCUT2D eigenvalue weighted by Crippen LogP contribution is -2.36. The van der Waals surface area contributed by atoms with E-state index in [1.54, 1.807) is 17.8 Å². The monoisotopic (exact) mass is 316 g/mol. The Hall–Kier alpha value is -1.24. The smallest absolute Gasteiger partial charge is 0.339 e. The van der Waals surface area contributed by atoms with Gasteiger partial charge in [-0.05, 0) is 36.6 Å². The van der Waals surface area contributed by atoms with Crippen LogP contribution in [0.2, 0.25) is 5.02 Å². The number of esters is 1. The van der Waals surface area contributed by atoms with Gasteiger partial charge in [0.1, 0.15) is 0 Å². The highest BCUT2D eigenvalue weighted by atomic mass is 35.5. The van der Waals surface area contributed by atoms with E-state index in [9.17, 15) is 9.59 Å². The predicted octanol–water partition coefficient (Wildman–Crippen LogP) is 2.15. The number of halogens is 1. The fourth-order valence-electron chi connectivity index (χ4n) is 1.51. The van der Waals surface area contributed by atoms with Crippen molar-refractivity contribution in [3.63, 3.8) is 0 Å². The Bertz CT molecular complexity index is 497. The lowest BCUT2D eigenvalue weighted by atomic mass is 10.1. The third-order valence-corrected chi connectivity index (χ3v) is 3.49. The highest BCUT2D eigenvalue weighted by Crippen LogP contribution is 2.22. The molecule has 5 nitrogen and oxygen atoms in total. The van der Waals surface area contributed by atoms with Crippen LogP contribution in [0.4, 0.5) is 5.69 Å². The maximum atomic E-state index is 12.0. The third kappa shape index (κ3) is 4.70. The molecule has 1 amide bonds. The third-order valence-electron chi connectivity index (χ3n) is 2.61. The van der Waals surface area contributed by atoms with Crippen LogP contribution in [0.1, 0.15) is 16.8 Å². The Morgan fingerprint density at radius 2 is 2.20 bits per heavy atom. The number of ether oxygens (including phenoxy) is 1. The molecule has 110 valence electrons. The van der Waals surface area contributed by atoms with Crippen molar-refractivity contribution in [2.75, 3.05) is 24.4 Å². The summed E-state index contributed by atoms with van der Waals surface area (Å²) in [5.41, 5.74) is 6.31. The summed E-state index contributed by atoms with van der Waals surface area (Å²) in [4.78, 5) is 23.6. The first-order chi connectivity index (χ1) is 9.49. The van der Waals surface area contributed by atoms with Crippen molar-refractivity contribution >= 4 is 40.9 Å². The maximum absolute atomic E-state index is 12.0. The molecule has 0 heterocycles. The Labute approximate surface area is 127 Å². The SMILES string of the molecule is COC(=O)c1ccc(Cl)cc1NC(=O)[C@@H](N)CCSC. The average molecular weight is 317 g/mol. The molecule has 0 aliphatic carbocycles. The zero-order valence-electron chi connectivity index (χ0n) is 11.3. The minimum atomic E-state index is -0.632. The summed E-state index contributed by atoms with van der Waals surface area (Å²) >= 11 is 7.49. The zero-order chi connectivity index (χ0) is 15.1. The molecule has 0 unspecified atom stereocenters. The van der Waals surface area contributed by atoms with Crippen LogP contribution in [0, 0.1) is 0 Å². The van der Waals surface area contributed by atoms with Gasteiger partial charge in [-0.3, -0.25) is 4.79 Å². The molecule has 20 heavy (non-hydrogen) atoms. The van der Waals surface area contributed by atoms with E-state index in [4.69, 9.17) is 17.3 Å². The topological polar surface area (TPSA) is 81.4 Å². The van der Waals surface area contributed by atoms with Gasteiger partial charge in [-0.2, -0.15) is 11.8 Å². The van der Waals surface area contributed by atoms with Gasteiger partial charge in [-0.15, -0.1) is 0 Å². The van der Waals surface area contributed by atoms with Gasteiger partial charge in [-0.25, -0.2) is 4.79 Å². The Kier molecular flexibility index (Phi) is 6.84. The first-order valence-electron chi connectivity index (χ1n) is 5.92. The van der Waals surface area contributed by atoms with E-state index >= 15 is 0 Å². The molecule has 0 saturated carbocycles. The number of carbonyl (C=O) groups excluding carboxylic acids is 2. The molecular weight excluding hydrogens is 300 g/mol. The van der Waals surface area contributed by atoms with Crippen LogP contribution in [0.5, 0.6) is 0 Å². The molecule has 1 aromatic carbocycles. The van der Waals surface area contributed by atoms with Crippen LogP contribution < -0.4 is 11.1 Å². The van der Waals surface area contributed by atoms with Crippen molar-refractivity contribution in [1.29, 1.82) is 0 Å². The minimum absolute atomic E-state index is 0.238. The summed E-state index contributed by atoms with van der Waals surface area (Å²) in [7, 11) is 1.27. The molecule has 1 atom stereocenters. The summed E-state index contributed by atoms with van der Waals surface area (Å²) in [5, 5.41) is 3.02. The van der Waals surface area contributed by atoms with Crippen LogP contribution in [-0.4, -0.2) is 37.0 Å². The van der Waals surface area contributed by atoms with Crippen molar-refractivity contribution in [1.82, 2.24) is 0 Å². The summed E-state index contributed by atoms with van der Waals surface area (Å²) in [5.74, 6) is -0.116. The van der Waals surface area contributed by atoms with E-state index in [1.807, 2.05) is 6.26 Å². The number of amides is 1. The molecule has 0 aliphatic rings. The van der Waals surface area contributed by atoms with Gasteiger partial charge < -0.3 is 15.8 Å². The van der Waals surface area contributed by atoms with Crippen molar-refractivity contribution in [3.05, 3.63) is 28.8 Å². The van der Waals surface area contributed by atoms with Crippen molar-refractivity contribution in [3.8, 4) is 0 Å². The standard InChI is InChI=1S/C13H17ClN2O3S/c1-19-13(18)9-4-3-8(14)7-11(9)16-12(17)10(15)5-6-20-2/h3-4,7,10H,5-6,15H2,1-2H3,(H,16,17)/t10-/m0/s1. The number of thioether (sulfide) groups is 1. The Morgan fingerprint density at radius 3 is 2.80 bits per heavy atom. The molecule has 3 N–H and O–H groups in total. The second-order valence-electron chi connectivity index (χ2n) is 4.06. The Balaban J connectivity index is 2.87. The highest BCUT2D eigenvalue weighted by molar-refractivity contribution is 7.98. The van der Waals surface area contributed by atoms with Crippen LogP contribution >= 0.6 is 23.4 Å². The number of benzene rings is 1. The number of anilines is 1. The summed E-state index contributed by atoms with van der Waals surface area (Å²) in [6.07, 6.45) is 2.50. The zero-order valence-corrected chi connectivity index (χ0v) is 12.9. The van der Waals surface area contributed by atoms with Crippen LogP contribution in [-0.2, 0) is 9.53 Å². The molecule has 1 aromatic rings. The number of hydrogen-bond acceptors (Lipinski definition) is 5. The van der Waals surface area contributed by atoms with Gasteiger partial charge in [0.15, 0.2) is 0 Å². The van der Waals surface area contributed by atoms with Gasteiger partial charge in [0.2, 0.25) is 5.91 Å². The van der Waals surface area contributed by atoms with Gasteiger partial charge in [-0.1, -0.05) is 11.6 Å². The number of nitrogens with one attached hydrogen (secondary N) is 1. The second kappa shape index (κ2) is 8.14. The fourth-order valence-corrected chi connectivity index (χ4v) is 2.17. The van der Waals surface area contributed by atoms with E-state index in [0.29, 0.717) is 17.1 Å². The normalized spacial score (nSPS) is 11.8. The van der Waals surface area contributed by atoms with E-state index < -0.39 is 12.0 Å². The number of nitrogens with two attached hydrogens (primary N) is 1. The fraction of sp³-hybridized carbons (Fsp3) is 0.385. The van der Waals surface area contributed by atoms with Crippen LogP contribution in [0.15, 0.2) is 18.2 Å². The largest absolute Gasteiger partial charge is 0.465 e. The number of rotatable bonds is 6. The summed E-state index contributed by atoms with van der Waals surface area (Å²) < 4.78 is 4.66. The van der Waals surface area contributed by atoms with Crippen molar-refractivity contribution in [2.24, 2.45) is 5.73 Å². The van der Waals surface area contributed by atoms with Crippen LogP contribution in [0.25, 0.3) is 0 Å². The quantitative estimate of drug-likeness (QED) is 0.786. The number of hydrogen-bond donors (Lipinski definition) is 2. The van der Waals surface area contributed by atoms with Gasteiger partial charge in [0, 0.05) is 5.02 Å². The number of methoxy groups -OCH3 is 1. The average Bonchev–Trinajstić information content (AvgIpc) is 2.44. The first kappa shape index (κ1) is 16.8. The predicted molar refractivity (Wildman–Crippen MR) is 82.4 cm³/mol. The van der Waals surface area contributed by atoms with E-state index in [0.717, 1.165) is 5.75 Å². The number of carbonyl (C=O) groups is 2. The molecule has 0 saturated heterocycles. The van der Waals surface area contributed by atoms with Gasteiger partial charge in [0.25, 0.3) is 0 Å². The molecule has 7 heteroatoms. The maximum Gasteiger partial charge on any atom is 0.339 e. The minimum Gasteiger partial charge on any atom is -0.465 e. The molecule has 0 radical (unpaired) electrons. The van der Waals surface area contributed by atoms with Crippen molar-refractivity contribution in [2.45, 2.75) is 12.5 Å². The van der Waals surface area contributed by atoms with Gasteiger partial charge >= 0.3 is 5.97 Å². The van der Waals surface area contributed by atoms with Crippen molar-refractivity contribution < 1.29 is 14.3 Å². The second-order valence-corrected chi connectivity index (χ2v) is 5.48. The molecule has 0 aromatic heterocycles. The lowest BCUT2D eigenvalue weighted by molar-refractivity contribution is -0.117. The molecule has 0 fully saturated rings. The Morgan fingerprint density at radius 1 is 1.50 bits per heavy atom.